The fraction of sp³-hybridized carbons (Fsp3) is 1.00. The number of hydrogen-bond acceptors (Lipinski definition) is 3. The standard InChI is InChI=1S/C8H18O3/c1-4-5-8(6-9,11-3)7(2)10/h7,9-10H,4-6H2,1-3H3. The van der Waals surface area contributed by atoms with Gasteiger partial charge in [0.25, 0.3) is 0 Å². The highest BCUT2D eigenvalue weighted by Gasteiger charge is 2.33. The topological polar surface area (TPSA) is 49.7 Å². The molecule has 0 spiro atoms. The second-order valence-corrected chi connectivity index (χ2v) is 2.85. The van der Waals surface area contributed by atoms with Crippen molar-refractivity contribution in [1.82, 2.24) is 0 Å². The van der Waals surface area contributed by atoms with E-state index in [1.54, 1.807) is 6.92 Å². The van der Waals surface area contributed by atoms with Crippen molar-refractivity contribution in [3.63, 3.8) is 0 Å². The SMILES string of the molecule is CCCC(CO)(OC)C(C)O. The largest absolute Gasteiger partial charge is 0.393 e. The average Bonchev–Trinajstić information content (AvgIpc) is 2.00. The molecular formula is C8H18O3. The van der Waals surface area contributed by atoms with Crippen molar-refractivity contribution < 1.29 is 14.9 Å². The molecule has 0 aromatic rings. The lowest BCUT2D eigenvalue weighted by Crippen LogP contribution is -2.45. The molecule has 2 N–H and O–H groups in total. The van der Waals surface area contributed by atoms with E-state index in [9.17, 15) is 5.11 Å². The number of methoxy groups -OCH3 is 1. The number of rotatable bonds is 5. The Morgan fingerprint density at radius 3 is 2.18 bits per heavy atom. The van der Waals surface area contributed by atoms with Gasteiger partial charge in [-0.3, -0.25) is 0 Å². The van der Waals surface area contributed by atoms with E-state index in [0.29, 0.717) is 6.42 Å². The first-order chi connectivity index (χ1) is 5.13. The van der Waals surface area contributed by atoms with Gasteiger partial charge in [-0.15, -0.1) is 0 Å². The normalized spacial score (nSPS) is 19.4. The molecule has 3 nitrogen and oxygen atoms in total. The van der Waals surface area contributed by atoms with Gasteiger partial charge >= 0.3 is 0 Å². The highest BCUT2D eigenvalue weighted by molar-refractivity contribution is 4.84. The summed E-state index contributed by atoms with van der Waals surface area (Å²) in [5, 5.41) is 18.3. The van der Waals surface area contributed by atoms with Crippen molar-refractivity contribution in [2.75, 3.05) is 13.7 Å². The third kappa shape index (κ3) is 2.43. The molecule has 0 aromatic carbocycles. The van der Waals surface area contributed by atoms with Gasteiger partial charge in [0.05, 0.1) is 12.7 Å². The van der Waals surface area contributed by atoms with Gasteiger partial charge in [0.15, 0.2) is 0 Å². The van der Waals surface area contributed by atoms with Crippen LogP contribution in [0, 0.1) is 0 Å². The Kier molecular flexibility index (Phi) is 4.65. The molecule has 0 rings (SSSR count). The zero-order chi connectivity index (χ0) is 8.91. The molecular weight excluding hydrogens is 144 g/mol. The second-order valence-electron chi connectivity index (χ2n) is 2.85. The minimum Gasteiger partial charge on any atom is -0.393 e. The van der Waals surface area contributed by atoms with Crippen molar-refractivity contribution in [2.24, 2.45) is 0 Å². The van der Waals surface area contributed by atoms with Crippen LogP contribution in [0.4, 0.5) is 0 Å². The highest BCUT2D eigenvalue weighted by Crippen LogP contribution is 2.20. The Labute approximate surface area is 68.0 Å². The minimum atomic E-state index is -0.755. The molecule has 0 aliphatic heterocycles. The van der Waals surface area contributed by atoms with Gasteiger partial charge in [0, 0.05) is 7.11 Å². The Hall–Kier alpha value is -0.120. The number of ether oxygens (including phenoxy) is 1. The fourth-order valence-electron chi connectivity index (χ4n) is 1.18. The molecule has 3 heteroatoms. The van der Waals surface area contributed by atoms with E-state index in [1.807, 2.05) is 6.92 Å². The van der Waals surface area contributed by atoms with Crippen LogP contribution in [0.2, 0.25) is 0 Å². The summed E-state index contributed by atoms with van der Waals surface area (Å²) in [6.45, 7) is 3.50. The summed E-state index contributed by atoms with van der Waals surface area (Å²) in [4.78, 5) is 0. The number of hydrogen-bond donors (Lipinski definition) is 2. The summed E-state index contributed by atoms with van der Waals surface area (Å²) in [5.41, 5.74) is -0.755. The van der Waals surface area contributed by atoms with Crippen molar-refractivity contribution >= 4 is 0 Å². The predicted molar refractivity (Wildman–Crippen MR) is 43.4 cm³/mol. The summed E-state index contributed by atoms with van der Waals surface area (Å²) < 4.78 is 5.09. The lowest BCUT2D eigenvalue weighted by atomic mass is 9.93. The number of aliphatic hydroxyl groups excluding tert-OH is 2. The van der Waals surface area contributed by atoms with E-state index in [0.717, 1.165) is 6.42 Å². The fourth-order valence-corrected chi connectivity index (χ4v) is 1.18. The molecule has 0 radical (unpaired) electrons. The van der Waals surface area contributed by atoms with Gasteiger partial charge in [-0.05, 0) is 13.3 Å². The van der Waals surface area contributed by atoms with Crippen molar-refractivity contribution in [3.8, 4) is 0 Å². The third-order valence-electron chi connectivity index (χ3n) is 2.11. The summed E-state index contributed by atoms with van der Waals surface area (Å²) in [6, 6.07) is 0. The van der Waals surface area contributed by atoms with Crippen LogP contribution in [0.3, 0.4) is 0 Å². The van der Waals surface area contributed by atoms with Gasteiger partial charge in [-0.25, -0.2) is 0 Å². The maximum atomic E-state index is 9.31. The maximum absolute atomic E-state index is 9.31. The van der Waals surface area contributed by atoms with Crippen molar-refractivity contribution in [3.05, 3.63) is 0 Å². The Balaban J connectivity index is 4.20. The average molecular weight is 162 g/mol. The summed E-state index contributed by atoms with van der Waals surface area (Å²) in [6.07, 6.45) is 0.939. The minimum absolute atomic E-state index is 0.130. The first-order valence-electron chi connectivity index (χ1n) is 3.97. The van der Waals surface area contributed by atoms with Crippen LogP contribution in [-0.2, 0) is 4.74 Å². The van der Waals surface area contributed by atoms with E-state index >= 15 is 0 Å². The van der Waals surface area contributed by atoms with Crippen LogP contribution in [0.5, 0.6) is 0 Å². The first-order valence-corrected chi connectivity index (χ1v) is 3.97. The van der Waals surface area contributed by atoms with E-state index in [2.05, 4.69) is 0 Å². The van der Waals surface area contributed by atoms with Gasteiger partial charge in [0.1, 0.15) is 5.60 Å². The zero-order valence-electron chi connectivity index (χ0n) is 7.50. The van der Waals surface area contributed by atoms with Gasteiger partial charge in [-0.1, -0.05) is 13.3 Å². The lowest BCUT2D eigenvalue weighted by Gasteiger charge is -2.32. The molecule has 2 unspecified atom stereocenters. The molecule has 11 heavy (non-hydrogen) atoms. The van der Waals surface area contributed by atoms with E-state index in [1.165, 1.54) is 7.11 Å². The Bertz CT molecular complexity index is 97.5. The Morgan fingerprint density at radius 2 is 2.09 bits per heavy atom. The molecule has 0 amide bonds. The maximum Gasteiger partial charge on any atom is 0.116 e. The third-order valence-corrected chi connectivity index (χ3v) is 2.11. The van der Waals surface area contributed by atoms with Crippen molar-refractivity contribution in [1.29, 1.82) is 0 Å². The Morgan fingerprint density at radius 1 is 1.55 bits per heavy atom. The van der Waals surface area contributed by atoms with Crippen LogP contribution < -0.4 is 0 Å². The van der Waals surface area contributed by atoms with E-state index in [-0.39, 0.29) is 6.61 Å². The zero-order valence-corrected chi connectivity index (χ0v) is 7.50. The predicted octanol–water partition coefficient (Wildman–Crippen LogP) is 0.545. The van der Waals surface area contributed by atoms with Crippen LogP contribution in [0.1, 0.15) is 26.7 Å². The van der Waals surface area contributed by atoms with E-state index < -0.39 is 11.7 Å². The summed E-state index contributed by atoms with van der Waals surface area (Å²) in [5.74, 6) is 0. The summed E-state index contributed by atoms with van der Waals surface area (Å²) in [7, 11) is 1.51. The van der Waals surface area contributed by atoms with Gasteiger partial charge in [-0.2, -0.15) is 0 Å². The molecule has 0 fully saturated rings. The van der Waals surface area contributed by atoms with Crippen molar-refractivity contribution in [2.45, 2.75) is 38.4 Å². The smallest absolute Gasteiger partial charge is 0.116 e. The molecule has 0 aliphatic rings. The molecule has 0 aromatic heterocycles. The summed E-state index contributed by atoms with van der Waals surface area (Å²) >= 11 is 0. The molecule has 68 valence electrons. The van der Waals surface area contributed by atoms with Gasteiger partial charge < -0.3 is 14.9 Å². The molecule has 0 saturated carbocycles. The quantitative estimate of drug-likeness (QED) is 0.620. The van der Waals surface area contributed by atoms with Crippen LogP contribution in [0.25, 0.3) is 0 Å². The van der Waals surface area contributed by atoms with Crippen LogP contribution >= 0.6 is 0 Å². The molecule has 2 atom stereocenters. The molecule has 0 aliphatic carbocycles. The first kappa shape index (κ1) is 10.9. The number of aliphatic hydroxyl groups is 2. The van der Waals surface area contributed by atoms with E-state index in [4.69, 9.17) is 9.84 Å². The van der Waals surface area contributed by atoms with Crippen LogP contribution in [0.15, 0.2) is 0 Å². The lowest BCUT2D eigenvalue weighted by molar-refractivity contribution is -0.127. The van der Waals surface area contributed by atoms with Gasteiger partial charge in [0.2, 0.25) is 0 Å². The molecule has 0 bridgehead atoms. The monoisotopic (exact) mass is 162 g/mol. The highest BCUT2D eigenvalue weighted by atomic mass is 16.5. The molecule has 0 heterocycles. The molecule has 0 saturated heterocycles. The second kappa shape index (κ2) is 4.70. The van der Waals surface area contributed by atoms with Crippen LogP contribution in [-0.4, -0.2) is 35.6 Å².